The molecule has 2 aliphatic rings. The summed E-state index contributed by atoms with van der Waals surface area (Å²) in [5.74, 6) is 0.562. The van der Waals surface area contributed by atoms with Crippen LogP contribution in [0.15, 0.2) is 12.1 Å². The molecular weight excluding hydrogens is 362 g/mol. The summed E-state index contributed by atoms with van der Waals surface area (Å²) < 4.78 is 15.6. The number of carbonyl (C=O) groups excluding carboxylic acids is 3. The lowest BCUT2D eigenvalue weighted by molar-refractivity contribution is -0.147. The van der Waals surface area contributed by atoms with E-state index in [2.05, 4.69) is 5.32 Å². The molecule has 1 fully saturated rings. The van der Waals surface area contributed by atoms with Gasteiger partial charge in [0.05, 0.1) is 5.69 Å². The largest absolute Gasteiger partial charge is 0.456 e. The van der Waals surface area contributed by atoms with Crippen LogP contribution in [0.4, 0.5) is 5.69 Å². The maximum Gasteiger partial charge on any atom is 0.306 e. The van der Waals surface area contributed by atoms with Crippen LogP contribution in [0, 0.1) is 5.92 Å². The smallest absolute Gasteiger partial charge is 0.306 e. The molecule has 7 heteroatoms. The number of anilines is 1. The molecule has 1 heterocycles. The van der Waals surface area contributed by atoms with E-state index in [9.17, 15) is 14.4 Å². The summed E-state index contributed by atoms with van der Waals surface area (Å²) in [6.07, 6.45) is 8.57. The number of amides is 1. The molecule has 0 atom stereocenters. The lowest BCUT2D eigenvalue weighted by Gasteiger charge is -2.20. The Kier molecular flexibility index (Phi) is 6.90. The summed E-state index contributed by atoms with van der Waals surface area (Å²) in [6, 6.07) is 3.08. The Hall–Kier alpha value is -2.57. The Bertz CT molecular complexity index is 739. The van der Waals surface area contributed by atoms with Crippen LogP contribution >= 0.6 is 0 Å². The van der Waals surface area contributed by atoms with Gasteiger partial charge < -0.3 is 19.5 Å². The predicted molar refractivity (Wildman–Crippen MR) is 103 cm³/mol. The molecule has 0 spiro atoms. The second-order valence-electron chi connectivity index (χ2n) is 7.41. The third-order valence-corrected chi connectivity index (χ3v) is 5.25. The van der Waals surface area contributed by atoms with E-state index < -0.39 is 5.91 Å². The van der Waals surface area contributed by atoms with E-state index in [1.165, 1.54) is 45.1 Å². The fraction of sp³-hybridized carbons (Fsp3) is 0.571. The lowest BCUT2D eigenvalue weighted by Crippen LogP contribution is -2.22. The number of hydrogen-bond donors (Lipinski definition) is 1. The zero-order chi connectivity index (χ0) is 19.9. The fourth-order valence-corrected chi connectivity index (χ4v) is 3.75. The van der Waals surface area contributed by atoms with Crippen molar-refractivity contribution in [2.45, 2.75) is 58.3 Å². The van der Waals surface area contributed by atoms with Gasteiger partial charge in [-0.25, -0.2) is 0 Å². The number of Topliss-reactive ketones (excluding diaryl/α,β-unsaturated/α-hetero) is 1. The van der Waals surface area contributed by atoms with Gasteiger partial charge in [0, 0.05) is 18.1 Å². The Morgan fingerprint density at radius 1 is 1.11 bits per heavy atom. The average molecular weight is 389 g/mol. The fourth-order valence-electron chi connectivity index (χ4n) is 3.75. The molecule has 0 unspecified atom stereocenters. The SMILES string of the molecule is CC(=O)c1cc2c(cc1NC(=O)COC(=O)CCCC1CCCCC1)OCO2. The molecular formula is C21H27NO6. The third kappa shape index (κ3) is 5.47. The molecule has 1 aliphatic heterocycles. The van der Waals surface area contributed by atoms with Crippen LogP contribution in [0.25, 0.3) is 0 Å². The monoisotopic (exact) mass is 389 g/mol. The van der Waals surface area contributed by atoms with Crippen LogP contribution in [0.5, 0.6) is 11.5 Å². The van der Waals surface area contributed by atoms with Crippen molar-refractivity contribution < 1.29 is 28.6 Å². The van der Waals surface area contributed by atoms with Gasteiger partial charge in [-0.3, -0.25) is 14.4 Å². The van der Waals surface area contributed by atoms with Crippen molar-refractivity contribution in [3.63, 3.8) is 0 Å². The van der Waals surface area contributed by atoms with Crippen molar-refractivity contribution >= 4 is 23.3 Å². The molecule has 28 heavy (non-hydrogen) atoms. The number of ketones is 1. The summed E-state index contributed by atoms with van der Waals surface area (Å²) in [5, 5.41) is 2.61. The maximum atomic E-state index is 12.1. The molecule has 1 saturated carbocycles. The number of carbonyl (C=O) groups is 3. The lowest BCUT2D eigenvalue weighted by atomic mass is 9.86. The first-order valence-corrected chi connectivity index (χ1v) is 9.93. The standard InChI is InChI=1S/C21H27NO6/c1-14(23)16-10-18-19(28-13-27-18)11-17(16)22-20(24)12-26-21(25)9-5-8-15-6-3-2-4-7-15/h10-11,15H,2-9,12-13H2,1H3,(H,22,24). The van der Waals surface area contributed by atoms with Gasteiger partial charge in [0.25, 0.3) is 5.91 Å². The highest BCUT2D eigenvalue weighted by atomic mass is 16.7. The molecule has 7 nitrogen and oxygen atoms in total. The summed E-state index contributed by atoms with van der Waals surface area (Å²) in [4.78, 5) is 35.8. The van der Waals surface area contributed by atoms with Crippen molar-refractivity contribution in [2.24, 2.45) is 5.92 Å². The van der Waals surface area contributed by atoms with E-state index in [1.807, 2.05) is 0 Å². The molecule has 1 aliphatic carbocycles. The van der Waals surface area contributed by atoms with Crippen molar-refractivity contribution in [3.8, 4) is 11.5 Å². The van der Waals surface area contributed by atoms with Crippen LogP contribution < -0.4 is 14.8 Å². The molecule has 1 amide bonds. The maximum absolute atomic E-state index is 12.1. The summed E-state index contributed by atoms with van der Waals surface area (Å²) in [7, 11) is 0. The Morgan fingerprint density at radius 2 is 1.82 bits per heavy atom. The van der Waals surface area contributed by atoms with Crippen LogP contribution in [0.3, 0.4) is 0 Å². The van der Waals surface area contributed by atoms with Gasteiger partial charge in [0.15, 0.2) is 23.9 Å². The van der Waals surface area contributed by atoms with Gasteiger partial charge in [-0.05, 0) is 31.7 Å². The molecule has 0 aromatic heterocycles. The minimum atomic E-state index is -0.498. The number of fused-ring (bicyclic) bond motifs is 1. The van der Waals surface area contributed by atoms with Gasteiger partial charge in [0.2, 0.25) is 6.79 Å². The predicted octanol–water partition coefficient (Wildman–Crippen LogP) is 3.85. The van der Waals surface area contributed by atoms with Gasteiger partial charge in [-0.1, -0.05) is 32.1 Å². The zero-order valence-electron chi connectivity index (χ0n) is 16.3. The average Bonchev–Trinajstić information content (AvgIpc) is 3.14. The molecule has 1 N–H and O–H groups in total. The highest BCUT2D eigenvalue weighted by molar-refractivity contribution is 6.05. The van der Waals surface area contributed by atoms with Crippen LogP contribution in [-0.2, 0) is 14.3 Å². The van der Waals surface area contributed by atoms with Crippen LogP contribution in [0.2, 0.25) is 0 Å². The van der Waals surface area contributed by atoms with E-state index in [0.29, 0.717) is 29.2 Å². The molecule has 152 valence electrons. The van der Waals surface area contributed by atoms with Crippen molar-refractivity contribution in [1.29, 1.82) is 0 Å². The molecule has 0 saturated heterocycles. The summed E-state index contributed by atoms with van der Waals surface area (Å²) in [6.45, 7) is 1.09. The number of esters is 1. The molecule has 1 aromatic carbocycles. The number of rotatable bonds is 8. The van der Waals surface area contributed by atoms with Gasteiger partial charge in [-0.15, -0.1) is 0 Å². The topological polar surface area (TPSA) is 90.9 Å². The van der Waals surface area contributed by atoms with Crippen molar-refractivity contribution in [3.05, 3.63) is 17.7 Å². The Morgan fingerprint density at radius 3 is 2.54 bits per heavy atom. The van der Waals surface area contributed by atoms with E-state index in [4.69, 9.17) is 14.2 Å². The van der Waals surface area contributed by atoms with E-state index >= 15 is 0 Å². The highest BCUT2D eigenvalue weighted by Gasteiger charge is 2.21. The molecule has 0 bridgehead atoms. The second kappa shape index (κ2) is 9.57. The number of nitrogens with one attached hydrogen (secondary N) is 1. The quantitative estimate of drug-likeness (QED) is 0.536. The van der Waals surface area contributed by atoms with Gasteiger partial charge >= 0.3 is 5.97 Å². The van der Waals surface area contributed by atoms with Gasteiger partial charge in [0.1, 0.15) is 0 Å². The third-order valence-electron chi connectivity index (χ3n) is 5.25. The highest BCUT2D eigenvalue weighted by Crippen LogP contribution is 2.37. The molecule has 1 aromatic rings. The molecule has 0 radical (unpaired) electrons. The Balaban J connectivity index is 1.44. The minimum Gasteiger partial charge on any atom is -0.456 e. The number of hydrogen-bond acceptors (Lipinski definition) is 6. The first-order chi connectivity index (χ1) is 13.5. The van der Waals surface area contributed by atoms with Crippen molar-refractivity contribution in [1.82, 2.24) is 0 Å². The van der Waals surface area contributed by atoms with Crippen LogP contribution in [0.1, 0.15) is 68.6 Å². The molecule has 3 rings (SSSR count). The van der Waals surface area contributed by atoms with Crippen LogP contribution in [-0.4, -0.2) is 31.1 Å². The first kappa shape index (κ1) is 20.2. The van der Waals surface area contributed by atoms with Gasteiger partial charge in [-0.2, -0.15) is 0 Å². The van der Waals surface area contributed by atoms with E-state index in [1.54, 1.807) is 6.07 Å². The summed E-state index contributed by atoms with van der Waals surface area (Å²) in [5.41, 5.74) is 0.631. The van der Waals surface area contributed by atoms with E-state index in [-0.39, 0.29) is 25.2 Å². The first-order valence-electron chi connectivity index (χ1n) is 9.93. The second-order valence-corrected chi connectivity index (χ2v) is 7.41. The van der Waals surface area contributed by atoms with E-state index in [0.717, 1.165) is 18.8 Å². The number of ether oxygens (including phenoxy) is 3. The zero-order valence-corrected chi connectivity index (χ0v) is 16.3. The minimum absolute atomic E-state index is 0.0720. The van der Waals surface area contributed by atoms with Crippen molar-refractivity contribution in [2.75, 3.05) is 18.7 Å². The Labute approximate surface area is 164 Å². The summed E-state index contributed by atoms with van der Waals surface area (Å²) >= 11 is 0. The normalized spacial score (nSPS) is 15.9. The number of benzene rings is 1.